The second-order valence-electron chi connectivity index (χ2n) is 27.7. The number of hydrogen-bond acceptors (Lipinski definition) is 4. The minimum atomic E-state index is -2.22. The molecule has 0 radical (unpaired) electrons. The lowest BCUT2D eigenvalue weighted by atomic mass is 9.77. The van der Waals surface area contributed by atoms with Crippen molar-refractivity contribution >= 4 is 44.6 Å². The molecule has 3 heterocycles. The Morgan fingerprint density at radius 3 is 1.57 bits per heavy atom. The second kappa shape index (κ2) is 20.5. The van der Waals surface area contributed by atoms with Crippen molar-refractivity contribution in [2.24, 2.45) is 0 Å². The van der Waals surface area contributed by atoms with Gasteiger partial charge in [-0.05, 0) is 138 Å². The SMILES string of the molecule is CC(C)(C)c1cc(-c2cc(C(C)(C)C)cc(-c3c(F)c(F)c(F)c(F)c3F)c2N2CN(c3cc(Oc4ccc5c6ccccc6n(-c6cc(C(C)(C)C)ccn6)c5c4)cc(-c4ccccc4C(C)(C)C)c3)c3ccccc32)cc(C(C)(C)C)c1. The number of nitrogens with zero attached hydrogens (tertiary/aromatic N) is 4. The molecule has 1 aliphatic rings. The van der Waals surface area contributed by atoms with E-state index < -0.39 is 40.1 Å². The largest absolute Gasteiger partial charge is 0.457 e. The first-order valence-corrected chi connectivity index (χ1v) is 28.8. The van der Waals surface area contributed by atoms with Crippen LogP contribution in [0.15, 0.2) is 158 Å². The fourth-order valence-electron chi connectivity index (χ4n) is 11.6. The van der Waals surface area contributed by atoms with E-state index in [1.165, 1.54) is 0 Å². The number of fused-ring (bicyclic) bond motifs is 4. The third kappa shape index (κ3) is 10.4. The first-order valence-electron chi connectivity index (χ1n) is 28.8. The van der Waals surface area contributed by atoms with Gasteiger partial charge in [-0.15, -0.1) is 0 Å². The number of benzene rings is 8. The smallest absolute Gasteiger partial charge is 0.200 e. The van der Waals surface area contributed by atoms with E-state index in [2.05, 4.69) is 171 Å². The lowest BCUT2D eigenvalue weighted by Crippen LogP contribution is -2.26. The monoisotopic (exact) mass is 1130 g/mol. The van der Waals surface area contributed by atoms with E-state index >= 15 is 22.0 Å². The highest BCUT2D eigenvalue weighted by molar-refractivity contribution is 6.09. The number of rotatable bonds is 8. The van der Waals surface area contributed by atoms with Crippen LogP contribution in [0.1, 0.15) is 132 Å². The molecule has 0 aliphatic carbocycles. The number of ether oxygens (including phenoxy) is 1. The molecule has 84 heavy (non-hydrogen) atoms. The van der Waals surface area contributed by atoms with Gasteiger partial charge < -0.3 is 14.5 Å². The molecule has 10 heteroatoms. The molecule has 0 bridgehead atoms. The van der Waals surface area contributed by atoms with Crippen LogP contribution < -0.4 is 14.5 Å². The summed E-state index contributed by atoms with van der Waals surface area (Å²) in [5, 5.41) is 2.13. The zero-order valence-electron chi connectivity index (χ0n) is 50.8. The molecule has 0 unspecified atom stereocenters. The first-order chi connectivity index (χ1) is 39.4. The van der Waals surface area contributed by atoms with Gasteiger partial charge in [-0.3, -0.25) is 4.57 Å². The highest BCUT2D eigenvalue weighted by Crippen LogP contribution is 2.54. The van der Waals surface area contributed by atoms with Crippen LogP contribution in [-0.4, -0.2) is 16.2 Å². The van der Waals surface area contributed by atoms with Gasteiger partial charge in [0.15, 0.2) is 23.3 Å². The average molecular weight is 1130 g/mol. The van der Waals surface area contributed by atoms with E-state index in [-0.39, 0.29) is 39.6 Å². The number of anilines is 4. The first kappa shape index (κ1) is 57.6. The van der Waals surface area contributed by atoms with Crippen molar-refractivity contribution < 1.29 is 26.7 Å². The Morgan fingerprint density at radius 1 is 0.405 bits per heavy atom. The number of halogens is 5. The molecule has 0 fully saturated rings. The van der Waals surface area contributed by atoms with Gasteiger partial charge in [0.2, 0.25) is 5.82 Å². The third-order valence-electron chi connectivity index (χ3n) is 16.4. The molecule has 0 spiro atoms. The molecule has 0 amide bonds. The Bertz CT molecular complexity index is 4190. The van der Waals surface area contributed by atoms with Gasteiger partial charge >= 0.3 is 0 Å². The van der Waals surface area contributed by atoms with E-state index in [9.17, 15) is 0 Å². The van der Waals surface area contributed by atoms with E-state index in [4.69, 9.17) is 9.72 Å². The molecule has 8 aromatic carbocycles. The van der Waals surface area contributed by atoms with E-state index in [1.54, 1.807) is 6.07 Å². The summed E-state index contributed by atoms with van der Waals surface area (Å²) >= 11 is 0. The van der Waals surface area contributed by atoms with Crippen LogP contribution in [0.5, 0.6) is 11.5 Å². The lowest BCUT2D eigenvalue weighted by Gasteiger charge is -2.32. The summed E-state index contributed by atoms with van der Waals surface area (Å²) in [5.41, 5.74) is 9.67. The maximum Gasteiger partial charge on any atom is 0.200 e. The van der Waals surface area contributed by atoms with Gasteiger partial charge in [0.1, 0.15) is 24.0 Å². The number of aromatic nitrogens is 2. The number of pyridine rings is 1. The van der Waals surface area contributed by atoms with Crippen LogP contribution >= 0.6 is 0 Å². The fourth-order valence-corrected chi connectivity index (χ4v) is 11.6. The summed E-state index contributed by atoms with van der Waals surface area (Å²) in [7, 11) is 0. The minimum Gasteiger partial charge on any atom is -0.457 e. The minimum absolute atomic E-state index is 0.0607. The van der Waals surface area contributed by atoms with Crippen molar-refractivity contribution in [3.05, 3.63) is 215 Å². The van der Waals surface area contributed by atoms with E-state index in [1.807, 2.05) is 98.6 Å². The van der Waals surface area contributed by atoms with Crippen molar-refractivity contribution in [2.45, 2.75) is 131 Å². The molecule has 10 aromatic rings. The summed E-state index contributed by atoms with van der Waals surface area (Å²) in [6.07, 6.45) is 1.87. The molecule has 5 nitrogen and oxygen atoms in total. The Morgan fingerprint density at radius 2 is 0.940 bits per heavy atom. The maximum atomic E-state index is 16.9. The Balaban J connectivity index is 1.15. The summed E-state index contributed by atoms with van der Waals surface area (Å²) in [4.78, 5) is 8.99. The zero-order valence-corrected chi connectivity index (χ0v) is 50.8. The van der Waals surface area contributed by atoms with Crippen molar-refractivity contribution in [3.8, 4) is 50.7 Å². The third-order valence-corrected chi connectivity index (χ3v) is 16.4. The second-order valence-corrected chi connectivity index (χ2v) is 27.7. The van der Waals surface area contributed by atoms with E-state index in [0.717, 1.165) is 77.9 Å². The van der Waals surface area contributed by atoms with Gasteiger partial charge in [0.05, 0.1) is 33.7 Å². The highest BCUT2D eigenvalue weighted by atomic mass is 19.2. The molecule has 430 valence electrons. The highest BCUT2D eigenvalue weighted by Gasteiger charge is 2.37. The van der Waals surface area contributed by atoms with Crippen LogP contribution in [0.3, 0.4) is 0 Å². The summed E-state index contributed by atoms with van der Waals surface area (Å²) in [6, 6.07) is 51.0. The molecular weight excluding hydrogens is 1060 g/mol. The lowest BCUT2D eigenvalue weighted by molar-refractivity contribution is 0.381. The van der Waals surface area contributed by atoms with Gasteiger partial charge in [-0.25, -0.2) is 26.9 Å². The molecule has 0 saturated heterocycles. The van der Waals surface area contributed by atoms with Gasteiger partial charge in [0, 0.05) is 45.9 Å². The molecular formula is C74H73F5N4O. The van der Waals surface area contributed by atoms with Crippen molar-refractivity contribution in [3.63, 3.8) is 0 Å². The molecule has 11 rings (SSSR count). The quantitative estimate of drug-likeness (QED) is 0.0863. The Kier molecular flexibility index (Phi) is 14.1. The Hall–Kier alpha value is -8.24. The van der Waals surface area contributed by atoms with Gasteiger partial charge in [-0.2, -0.15) is 0 Å². The van der Waals surface area contributed by atoms with Crippen molar-refractivity contribution in [2.75, 3.05) is 16.5 Å². The van der Waals surface area contributed by atoms with Crippen LogP contribution in [-0.2, 0) is 27.1 Å². The normalized spacial score (nSPS) is 13.4. The van der Waals surface area contributed by atoms with Crippen LogP contribution in [0, 0.1) is 29.1 Å². The predicted octanol–water partition coefficient (Wildman–Crippen LogP) is 21.4. The Labute approximate surface area is 491 Å². The molecule has 2 aromatic heterocycles. The number of hydrogen-bond donors (Lipinski definition) is 0. The van der Waals surface area contributed by atoms with Crippen molar-refractivity contribution in [1.29, 1.82) is 0 Å². The van der Waals surface area contributed by atoms with Gasteiger partial charge in [-0.1, -0.05) is 177 Å². The van der Waals surface area contributed by atoms with Crippen LogP contribution in [0.25, 0.3) is 61.0 Å². The van der Waals surface area contributed by atoms with Crippen molar-refractivity contribution in [1.82, 2.24) is 9.55 Å². The predicted molar refractivity (Wildman–Crippen MR) is 337 cm³/mol. The molecule has 0 saturated carbocycles. The summed E-state index contributed by atoms with van der Waals surface area (Å²) in [5.74, 6) is -8.14. The summed E-state index contributed by atoms with van der Waals surface area (Å²) < 4.78 is 89.8. The fraction of sp³-hybridized carbons (Fsp3) is 0.284. The molecule has 0 atom stereocenters. The summed E-state index contributed by atoms with van der Waals surface area (Å²) in [6.45, 7) is 31.9. The van der Waals surface area contributed by atoms with Crippen LogP contribution in [0.4, 0.5) is 44.7 Å². The molecule has 1 aliphatic heterocycles. The topological polar surface area (TPSA) is 33.5 Å². The average Bonchev–Trinajstić information content (AvgIpc) is 1.41. The maximum absolute atomic E-state index is 16.9. The zero-order chi connectivity index (χ0) is 60.3. The van der Waals surface area contributed by atoms with Gasteiger partial charge in [0.25, 0.3) is 0 Å². The van der Waals surface area contributed by atoms with E-state index in [0.29, 0.717) is 28.3 Å². The van der Waals surface area contributed by atoms with Crippen LogP contribution in [0.2, 0.25) is 0 Å². The number of para-hydroxylation sites is 3. The standard InChI is InChI=1S/C74H73F5N4O/c1-70(2,3)45-30-31-80-62(39-45)83-58-25-19-17-23-53(58)54-29-28-50(41-61(54)83)84-51-35-44(52-22-16-18-24-57(52)74(13,14)15)34-49(40-51)81-42-82(60-27-21-20-26-59(60)81)69-55(43-32-46(71(4,5)6)36-47(33-43)72(7,8)9)37-48(73(10,11)12)38-56(69)63-64(75)66(77)68(79)67(78)65(63)76/h16-41H,42H2,1-15H3. The molecule has 0 N–H and O–H groups in total.